The molecule has 0 saturated heterocycles. The Hall–Kier alpha value is -3.14. The Kier molecular flexibility index (Phi) is 5.69. The summed E-state index contributed by atoms with van der Waals surface area (Å²) in [5, 5.41) is 3.44. The van der Waals surface area contributed by atoms with Gasteiger partial charge in [0.2, 0.25) is 0 Å². The lowest BCUT2D eigenvalue weighted by Crippen LogP contribution is -2.36. The SMILES string of the molecule is CC1=C(C(=O)OC2CCCC2)[C@H](c2ccccc2)C2=C(C[C@@H](c3ccccc3)CC2=O)N1. The molecule has 2 aromatic rings. The van der Waals surface area contributed by atoms with Crippen LogP contribution in [0.25, 0.3) is 0 Å². The number of ketones is 1. The first-order valence-corrected chi connectivity index (χ1v) is 11.7. The molecular weight excluding hydrogens is 398 g/mol. The second-order valence-electron chi connectivity index (χ2n) is 9.15. The van der Waals surface area contributed by atoms with E-state index in [9.17, 15) is 9.59 Å². The number of carbonyl (C=O) groups excluding carboxylic acids is 2. The molecule has 0 aromatic heterocycles. The van der Waals surface area contributed by atoms with Crippen LogP contribution in [0.2, 0.25) is 0 Å². The van der Waals surface area contributed by atoms with Crippen LogP contribution in [0.5, 0.6) is 0 Å². The van der Waals surface area contributed by atoms with Gasteiger partial charge in [0, 0.05) is 29.3 Å². The summed E-state index contributed by atoms with van der Waals surface area (Å²) in [6.45, 7) is 1.93. The Bertz CT molecular complexity index is 1080. The zero-order valence-electron chi connectivity index (χ0n) is 18.5. The van der Waals surface area contributed by atoms with Crippen molar-refractivity contribution in [3.63, 3.8) is 0 Å². The number of esters is 1. The second kappa shape index (κ2) is 8.78. The molecular formula is C28H29NO3. The van der Waals surface area contributed by atoms with E-state index in [1.165, 1.54) is 5.56 Å². The topological polar surface area (TPSA) is 55.4 Å². The van der Waals surface area contributed by atoms with Gasteiger partial charge in [-0.05, 0) is 56.1 Å². The number of allylic oxidation sites excluding steroid dienone is 3. The number of nitrogens with one attached hydrogen (secondary N) is 1. The summed E-state index contributed by atoms with van der Waals surface area (Å²) in [5.74, 6) is -0.419. The van der Waals surface area contributed by atoms with Crippen LogP contribution in [0.3, 0.4) is 0 Å². The molecule has 1 saturated carbocycles. The molecule has 164 valence electrons. The highest BCUT2D eigenvalue weighted by molar-refractivity contribution is 6.04. The number of benzene rings is 2. The van der Waals surface area contributed by atoms with Gasteiger partial charge < -0.3 is 10.1 Å². The molecule has 4 heteroatoms. The molecule has 2 aliphatic carbocycles. The summed E-state index contributed by atoms with van der Waals surface area (Å²) in [5.41, 5.74) is 5.19. The zero-order chi connectivity index (χ0) is 22.1. The van der Waals surface area contributed by atoms with Crippen molar-refractivity contribution in [2.75, 3.05) is 0 Å². The predicted octanol–water partition coefficient (Wildman–Crippen LogP) is 5.53. The van der Waals surface area contributed by atoms with Crippen molar-refractivity contribution in [2.45, 2.75) is 63.4 Å². The van der Waals surface area contributed by atoms with E-state index in [-0.39, 0.29) is 29.7 Å². The third kappa shape index (κ3) is 3.90. The van der Waals surface area contributed by atoms with Crippen LogP contribution < -0.4 is 5.32 Å². The van der Waals surface area contributed by atoms with E-state index in [2.05, 4.69) is 17.4 Å². The number of Topliss-reactive ketones (excluding diaryl/α,β-unsaturated/α-hetero) is 1. The maximum atomic E-state index is 13.5. The van der Waals surface area contributed by atoms with Gasteiger partial charge in [0.1, 0.15) is 6.10 Å². The average Bonchev–Trinajstić information content (AvgIpc) is 3.32. The second-order valence-corrected chi connectivity index (χ2v) is 9.15. The molecule has 4 nitrogen and oxygen atoms in total. The lowest BCUT2D eigenvalue weighted by Gasteiger charge is -2.37. The fourth-order valence-electron chi connectivity index (χ4n) is 5.47. The maximum Gasteiger partial charge on any atom is 0.337 e. The van der Waals surface area contributed by atoms with Crippen LogP contribution in [0.4, 0.5) is 0 Å². The zero-order valence-corrected chi connectivity index (χ0v) is 18.5. The van der Waals surface area contributed by atoms with Gasteiger partial charge in [0.15, 0.2) is 5.78 Å². The van der Waals surface area contributed by atoms with E-state index in [0.29, 0.717) is 12.0 Å². The quantitative estimate of drug-likeness (QED) is 0.652. The monoisotopic (exact) mass is 427 g/mol. The van der Waals surface area contributed by atoms with E-state index in [1.807, 2.05) is 55.5 Å². The summed E-state index contributed by atoms with van der Waals surface area (Å²) >= 11 is 0. The molecule has 0 spiro atoms. The molecule has 1 aliphatic heterocycles. The summed E-state index contributed by atoms with van der Waals surface area (Å²) in [4.78, 5) is 26.9. The van der Waals surface area contributed by atoms with Gasteiger partial charge in [-0.2, -0.15) is 0 Å². The Morgan fingerprint density at radius 1 is 0.906 bits per heavy atom. The highest BCUT2D eigenvalue weighted by Crippen LogP contribution is 2.45. The first-order chi connectivity index (χ1) is 15.6. The normalized spacial score (nSPS) is 23.7. The highest BCUT2D eigenvalue weighted by Gasteiger charge is 2.41. The standard InChI is InChI=1S/C28H29NO3/c1-18-25(28(31)32-22-14-8-9-15-22)26(20-12-6-3-7-13-20)27-23(29-18)16-21(17-24(27)30)19-10-4-2-5-11-19/h2-7,10-13,21-22,26,29H,8-9,14-17H2,1H3/t21-,26+/m1/s1. The van der Waals surface area contributed by atoms with Crippen molar-refractivity contribution in [3.8, 4) is 0 Å². The average molecular weight is 428 g/mol. The third-order valence-corrected chi connectivity index (χ3v) is 7.03. The predicted molar refractivity (Wildman–Crippen MR) is 124 cm³/mol. The van der Waals surface area contributed by atoms with Gasteiger partial charge in [0.05, 0.1) is 5.57 Å². The first kappa shape index (κ1) is 20.7. The maximum absolute atomic E-state index is 13.5. The van der Waals surface area contributed by atoms with Crippen molar-refractivity contribution in [2.24, 2.45) is 0 Å². The van der Waals surface area contributed by atoms with E-state index in [1.54, 1.807) is 0 Å². The number of hydrogen-bond donors (Lipinski definition) is 1. The van der Waals surface area contributed by atoms with Crippen LogP contribution in [0.1, 0.15) is 68.4 Å². The number of carbonyl (C=O) groups is 2. The molecule has 2 aromatic carbocycles. The van der Waals surface area contributed by atoms with Crippen molar-refractivity contribution in [1.82, 2.24) is 5.32 Å². The molecule has 0 radical (unpaired) electrons. The fourth-order valence-corrected chi connectivity index (χ4v) is 5.47. The van der Waals surface area contributed by atoms with Crippen LogP contribution in [0, 0.1) is 0 Å². The van der Waals surface area contributed by atoms with Crippen LogP contribution in [-0.2, 0) is 14.3 Å². The van der Waals surface area contributed by atoms with Gasteiger partial charge >= 0.3 is 5.97 Å². The Morgan fingerprint density at radius 2 is 1.53 bits per heavy atom. The summed E-state index contributed by atoms with van der Waals surface area (Å²) in [6, 6.07) is 20.1. The van der Waals surface area contributed by atoms with E-state index < -0.39 is 0 Å². The number of hydrogen-bond acceptors (Lipinski definition) is 4. The van der Waals surface area contributed by atoms with E-state index >= 15 is 0 Å². The molecule has 2 atom stereocenters. The molecule has 0 amide bonds. The van der Waals surface area contributed by atoms with Crippen LogP contribution in [-0.4, -0.2) is 17.9 Å². The minimum Gasteiger partial charge on any atom is -0.459 e. The van der Waals surface area contributed by atoms with Crippen molar-refractivity contribution in [1.29, 1.82) is 0 Å². The summed E-state index contributed by atoms with van der Waals surface area (Å²) in [6.07, 6.45) is 5.25. The van der Waals surface area contributed by atoms with Crippen LogP contribution in [0.15, 0.2) is 83.2 Å². The minimum atomic E-state index is -0.384. The first-order valence-electron chi connectivity index (χ1n) is 11.7. The van der Waals surface area contributed by atoms with E-state index in [4.69, 9.17) is 4.74 Å². The molecule has 1 N–H and O–H groups in total. The largest absolute Gasteiger partial charge is 0.459 e. The van der Waals surface area contributed by atoms with Gasteiger partial charge in [-0.3, -0.25) is 4.79 Å². The van der Waals surface area contributed by atoms with Gasteiger partial charge in [-0.1, -0.05) is 60.7 Å². The molecule has 0 bridgehead atoms. The molecule has 3 aliphatic rings. The fraction of sp³-hybridized carbons (Fsp3) is 0.357. The van der Waals surface area contributed by atoms with Gasteiger partial charge in [-0.15, -0.1) is 0 Å². The number of dihydropyridines is 1. The Balaban J connectivity index is 1.53. The Labute approximate surface area is 189 Å². The van der Waals surface area contributed by atoms with Crippen molar-refractivity contribution < 1.29 is 14.3 Å². The highest BCUT2D eigenvalue weighted by atomic mass is 16.5. The van der Waals surface area contributed by atoms with Gasteiger partial charge in [-0.25, -0.2) is 4.79 Å². The summed E-state index contributed by atoms with van der Waals surface area (Å²) < 4.78 is 5.91. The Morgan fingerprint density at radius 3 is 2.19 bits per heavy atom. The van der Waals surface area contributed by atoms with Crippen LogP contribution >= 0.6 is 0 Å². The molecule has 32 heavy (non-hydrogen) atoms. The third-order valence-electron chi connectivity index (χ3n) is 7.03. The van der Waals surface area contributed by atoms with Gasteiger partial charge in [0.25, 0.3) is 0 Å². The molecule has 1 heterocycles. The lowest BCUT2D eigenvalue weighted by molar-refractivity contribution is -0.144. The van der Waals surface area contributed by atoms with Crippen molar-refractivity contribution >= 4 is 11.8 Å². The summed E-state index contributed by atoms with van der Waals surface area (Å²) in [7, 11) is 0. The van der Waals surface area contributed by atoms with Crippen molar-refractivity contribution in [3.05, 3.63) is 94.3 Å². The molecule has 5 rings (SSSR count). The smallest absolute Gasteiger partial charge is 0.337 e. The van der Waals surface area contributed by atoms with E-state index in [0.717, 1.165) is 54.6 Å². The molecule has 0 unspecified atom stereocenters. The lowest BCUT2D eigenvalue weighted by atomic mass is 9.72. The number of ether oxygens (including phenoxy) is 1. The molecule has 1 fully saturated rings. The number of rotatable bonds is 4. The minimum absolute atomic E-state index is 0.0147.